The number of aromatic nitrogens is 1. The van der Waals surface area contributed by atoms with Crippen LogP contribution in [0.4, 0.5) is 17.1 Å². The lowest BCUT2D eigenvalue weighted by Crippen LogP contribution is -2.42. The summed E-state index contributed by atoms with van der Waals surface area (Å²) < 4.78 is 1.68. The Morgan fingerprint density at radius 3 is 2.75 bits per heavy atom. The number of hydrogen-bond acceptors (Lipinski definition) is 4. The number of benzene rings is 1. The third-order valence-electron chi connectivity index (χ3n) is 6.47. The SMILES string of the molecule is CCNCCCC1CCN(CC(=O)N2c3ccccc3NC(=O)c3c2c(Cl)cn3C)CC1. The molecular formula is C24H32ClN5O2. The van der Waals surface area contributed by atoms with Crippen molar-refractivity contribution in [2.24, 2.45) is 13.0 Å². The average molecular weight is 458 g/mol. The molecule has 0 spiro atoms. The molecule has 1 aromatic carbocycles. The lowest BCUT2D eigenvalue weighted by Gasteiger charge is -2.33. The number of piperidine rings is 1. The van der Waals surface area contributed by atoms with E-state index in [4.69, 9.17) is 11.6 Å². The molecule has 4 rings (SSSR count). The van der Waals surface area contributed by atoms with Crippen LogP contribution in [0.2, 0.25) is 5.02 Å². The van der Waals surface area contributed by atoms with E-state index >= 15 is 0 Å². The molecule has 0 atom stereocenters. The zero-order chi connectivity index (χ0) is 22.7. The molecule has 2 aliphatic rings. The first kappa shape index (κ1) is 22.8. The van der Waals surface area contributed by atoms with Crippen LogP contribution >= 0.6 is 11.6 Å². The minimum atomic E-state index is -0.268. The fourth-order valence-corrected chi connectivity index (χ4v) is 5.10. The molecule has 2 N–H and O–H groups in total. The number of halogens is 1. The lowest BCUT2D eigenvalue weighted by atomic mass is 9.92. The Hall–Kier alpha value is -2.35. The molecule has 0 radical (unpaired) electrons. The van der Waals surface area contributed by atoms with Crippen molar-refractivity contribution < 1.29 is 9.59 Å². The average Bonchev–Trinajstić information content (AvgIpc) is 2.99. The van der Waals surface area contributed by atoms with Gasteiger partial charge in [0, 0.05) is 13.2 Å². The second-order valence-electron chi connectivity index (χ2n) is 8.70. The highest BCUT2D eigenvalue weighted by Gasteiger charge is 2.34. The highest BCUT2D eigenvalue weighted by molar-refractivity contribution is 6.36. The summed E-state index contributed by atoms with van der Waals surface area (Å²) in [5.41, 5.74) is 2.10. The minimum absolute atomic E-state index is 0.0751. The predicted molar refractivity (Wildman–Crippen MR) is 129 cm³/mol. The molecule has 32 heavy (non-hydrogen) atoms. The molecule has 0 saturated carbocycles. The van der Waals surface area contributed by atoms with E-state index in [1.807, 2.05) is 24.3 Å². The van der Waals surface area contributed by atoms with Gasteiger partial charge < -0.3 is 15.2 Å². The zero-order valence-electron chi connectivity index (χ0n) is 18.9. The Labute approximate surface area is 194 Å². The quantitative estimate of drug-likeness (QED) is 0.616. The summed E-state index contributed by atoms with van der Waals surface area (Å²) in [4.78, 5) is 30.3. The van der Waals surface area contributed by atoms with Crippen molar-refractivity contribution in [3.05, 3.63) is 41.2 Å². The Morgan fingerprint density at radius 2 is 2.00 bits per heavy atom. The molecule has 0 unspecified atom stereocenters. The maximum absolute atomic E-state index is 13.6. The van der Waals surface area contributed by atoms with Crippen LogP contribution in [0.5, 0.6) is 0 Å². The van der Waals surface area contributed by atoms with Gasteiger partial charge in [-0.3, -0.25) is 19.4 Å². The van der Waals surface area contributed by atoms with Gasteiger partial charge >= 0.3 is 0 Å². The first-order valence-corrected chi connectivity index (χ1v) is 11.9. The molecule has 3 heterocycles. The smallest absolute Gasteiger partial charge is 0.274 e. The topological polar surface area (TPSA) is 69.6 Å². The number of anilines is 3. The standard InChI is InChI=1S/C24H32ClN5O2/c1-3-26-12-6-7-17-10-13-29(14-11-17)16-21(31)30-20-9-5-4-8-19(20)27-24(32)23-22(30)18(25)15-28(23)2/h4-5,8-9,15,17,26H,3,6-7,10-14,16H2,1-2H3,(H,27,32). The molecule has 172 valence electrons. The molecule has 1 fully saturated rings. The van der Waals surface area contributed by atoms with E-state index in [0.29, 0.717) is 34.3 Å². The molecular weight excluding hydrogens is 426 g/mol. The van der Waals surface area contributed by atoms with Crippen molar-refractivity contribution in [3.63, 3.8) is 0 Å². The van der Waals surface area contributed by atoms with Gasteiger partial charge in [-0.2, -0.15) is 0 Å². The molecule has 7 nitrogen and oxygen atoms in total. The van der Waals surface area contributed by atoms with Crippen LogP contribution in [-0.4, -0.2) is 54.0 Å². The number of carbonyl (C=O) groups is 2. The third kappa shape index (κ3) is 4.70. The largest absolute Gasteiger partial charge is 0.343 e. The number of carbonyl (C=O) groups excluding carboxylic acids is 2. The first-order valence-electron chi connectivity index (χ1n) is 11.5. The molecule has 0 aliphatic carbocycles. The third-order valence-corrected chi connectivity index (χ3v) is 6.75. The second-order valence-corrected chi connectivity index (χ2v) is 9.11. The van der Waals surface area contributed by atoms with Gasteiger partial charge in [-0.25, -0.2) is 0 Å². The van der Waals surface area contributed by atoms with Crippen LogP contribution in [0, 0.1) is 5.92 Å². The summed E-state index contributed by atoms with van der Waals surface area (Å²) in [6.07, 6.45) is 6.36. The van der Waals surface area contributed by atoms with E-state index in [9.17, 15) is 9.59 Å². The lowest BCUT2D eigenvalue weighted by molar-refractivity contribution is -0.119. The van der Waals surface area contributed by atoms with Crippen molar-refractivity contribution in [2.75, 3.05) is 42.9 Å². The molecule has 0 bridgehead atoms. The molecule has 2 aromatic rings. The zero-order valence-corrected chi connectivity index (χ0v) is 19.6. The number of nitrogens with zero attached hydrogens (tertiary/aromatic N) is 3. The van der Waals surface area contributed by atoms with E-state index in [-0.39, 0.29) is 11.8 Å². The minimum Gasteiger partial charge on any atom is -0.343 e. The number of hydrogen-bond donors (Lipinski definition) is 2. The van der Waals surface area contributed by atoms with Crippen LogP contribution < -0.4 is 15.5 Å². The van der Waals surface area contributed by atoms with Gasteiger partial charge in [-0.05, 0) is 69.9 Å². The van der Waals surface area contributed by atoms with Gasteiger partial charge in [0.25, 0.3) is 5.91 Å². The number of amides is 2. The maximum atomic E-state index is 13.6. The Bertz CT molecular complexity index is 981. The molecule has 8 heteroatoms. The van der Waals surface area contributed by atoms with Crippen molar-refractivity contribution in [1.82, 2.24) is 14.8 Å². The summed E-state index contributed by atoms with van der Waals surface area (Å²) in [7, 11) is 1.77. The van der Waals surface area contributed by atoms with Crippen LogP contribution in [0.25, 0.3) is 0 Å². The van der Waals surface area contributed by atoms with E-state index in [1.165, 1.54) is 12.8 Å². The Morgan fingerprint density at radius 1 is 1.25 bits per heavy atom. The van der Waals surface area contributed by atoms with Gasteiger partial charge in [0.2, 0.25) is 5.91 Å². The van der Waals surface area contributed by atoms with Gasteiger partial charge in [-0.15, -0.1) is 0 Å². The van der Waals surface area contributed by atoms with Crippen LogP contribution in [0.15, 0.2) is 30.5 Å². The number of fused-ring (bicyclic) bond motifs is 2. The number of likely N-dealkylation sites (tertiary alicyclic amines) is 1. The van der Waals surface area contributed by atoms with Gasteiger partial charge in [0.15, 0.2) is 0 Å². The predicted octanol–water partition coefficient (Wildman–Crippen LogP) is 4.01. The molecule has 1 aromatic heterocycles. The summed E-state index contributed by atoms with van der Waals surface area (Å²) in [5, 5.41) is 6.70. The van der Waals surface area contributed by atoms with Crippen LogP contribution in [0.1, 0.15) is 43.1 Å². The van der Waals surface area contributed by atoms with Crippen molar-refractivity contribution >= 4 is 40.5 Å². The molecule has 1 saturated heterocycles. The van der Waals surface area contributed by atoms with E-state index in [2.05, 4.69) is 22.5 Å². The summed E-state index contributed by atoms with van der Waals surface area (Å²) >= 11 is 6.53. The molecule has 2 aliphatic heterocycles. The van der Waals surface area contributed by atoms with Crippen molar-refractivity contribution in [1.29, 1.82) is 0 Å². The number of para-hydroxylation sites is 2. The van der Waals surface area contributed by atoms with E-state index in [1.54, 1.807) is 22.7 Å². The highest BCUT2D eigenvalue weighted by atomic mass is 35.5. The number of nitrogens with one attached hydrogen (secondary N) is 2. The van der Waals surface area contributed by atoms with Gasteiger partial charge in [0.1, 0.15) is 5.69 Å². The summed E-state index contributed by atoms with van der Waals surface area (Å²) in [6, 6.07) is 7.38. The fourth-order valence-electron chi connectivity index (χ4n) is 4.78. The van der Waals surface area contributed by atoms with Crippen molar-refractivity contribution in [2.45, 2.75) is 32.6 Å². The summed E-state index contributed by atoms with van der Waals surface area (Å²) in [6.45, 7) is 6.37. The van der Waals surface area contributed by atoms with Crippen LogP contribution in [0.3, 0.4) is 0 Å². The number of rotatable bonds is 7. The Kier molecular flexibility index (Phi) is 7.18. The number of aryl methyl sites for hydroxylation is 1. The highest BCUT2D eigenvalue weighted by Crippen LogP contribution is 2.42. The monoisotopic (exact) mass is 457 g/mol. The first-order chi connectivity index (χ1) is 15.5. The maximum Gasteiger partial charge on any atom is 0.274 e. The Balaban J connectivity index is 1.49. The van der Waals surface area contributed by atoms with Gasteiger partial charge in [-0.1, -0.05) is 30.7 Å². The second kappa shape index (κ2) is 10.1. The molecule has 2 amide bonds. The van der Waals surface area contributed by atoms with Crippen molar-refractivity contribution in [3.8, 4) is 0 Å². The van der Waals surface area contributed by atoms with Gasteiger partial charge in [0.05, 0.1) is 28.6 Å². The van der Waals surface area contributed by atoms with E-state index in [0.717, 1.165) is 44.9 Å². The normalized spacial score (nSPS) is 17.0. The van der Waals surface area contributed by atoms with E-state index < -0.39 is 0 Å². The summed E-state index contributed by atoms with van der Waals surface area (Å²) in [5.74, 6) is 0.389. The fraction of sp³-hybridized carbons (Fsp3) is 0.500. The van der Waals surface area contributed by atoms with Crippen LogP contribution in [-0.2, 0) is 11.8 Å².